The van der Waals surface area contributed by atoms with Crippen LogP contribution in [0.4, 0.5) is 11.4 Å². The van der Waals surface area contributed by atoms with Gasteiger partial charge in [-0.05, 0) is 66.4 Å². The molecule has 4 aromatic rings. The van der Waals surface area contributed by atoms with Gasteiger partial charge in [0, 0.05) is 48.2 Å². The van der Waals surface area contributed by atoms with Gasteiger partial charge < -0.3 is 24.3 Å². The quantitative estimate of drug-likeness (QED) is 0.237. The number of aliphatic hydroxyl groups is 1. The zero-order chi connectivity index (χ0) is 32.3. The molecule has 9 heteroatoms. The molecule has 0 radical (unpaired) electrons. The van der Waals surface area contributed by atoms with E-state index in [2.05, 4.69) is 6.07 Å². The Hall–Kier alpha value is -4.02. The van der Waals surface area contributed by atoms with Crippen LogP contribution in [0.5, 0.6) is 5.75 Å². The highest BCUT2D eigenvalue weighted by Gasteiger charge is 2.48. The summed E-state index contributed by atoms with van der Waals surface area (Å²) in [5.74, 6) is 0.254. The van der Waals surface area contributed by atoms with Gasteiger partial charge >= 0.3 is 0 Å². The Bertz CT molecular complexity index is 1830. The minimum Gasteiger partial charge on any atom is -0.490 e. The fraction of sp³-hybridized carbons (Fsp3) is 0.351. The molecule has 0 saturated carbocycles. The molecule has 3 aliphatic heterocycles. The SMILES string of the molecule is CO[C@H]1c2cc(N3C(=O)c4cccc5cccc3c45)ccc2O[C@@H](C(CC(=O)N2Cc3ccccc3C[C@H]2CO)[Si](C)(C)O)[C@@H]1C. The number of benzene rings is 4. The third-order valence-corrected chi connectivity index (χ3v) is 12.6. The molecule has 3 aliphatic rings. The first-order chi connectivity index (χ1) is 22.1. The molecule has 0 spiro atoms. The normalized spacial score (nSPS) is 22.8. The molecule has 0 aromatic heterocycles. The number of amides is 2. The van der Waals surface area contributed by atoms with E-state index >= 15 is 0 Å². The molecule has 46 heavy (non-hydrogen) atoms. The van der Waals surface area contributed by atoms with Crippen molar-refractivity contribution in [3.05, 3.63) is 101 Å². The summed E-state index contributed by atoms with van der Waals surface area (Å²) in [4.78, 5) is 42.8. The summed E-state index contributed by atoms with van der Waals surface area (Å²) in [6.07, 6.45) is -0.155. The first kappa shape index (κ1) is 30.6. The molecule has 0 aliphatic carbocycles. The number of methoxy groups -OCH3 is 1. The lowest BCUT2D eigenvalue weighted by atomic mass is 9.86. The number of anilines is 2. The van der Waals surface area contributed by atoms with Gasteiger partial charge in [-0.25, -0.2) is 0 Å². The van der Waals surface area contributed by atoms with Gasteiger partial charge in [0.25, 0.3) is 5.91 Å². The molecule has 0 saturated heterocycles. The van der Waals surface area contributed by atoms with Crippen LogP contribution in [0.15, 0.2) is 78.9 Å². The van der Waals surface area contributed by atoms with Crippen LogP contribution in [0.1, 0.15) is 46.5 Å². The molecular weight excluding hydrogens is 597 g/mol. The van der Waals surface area contributed by atoms with Crippen molar-refractivity contribution in [3.8, 4) is 5.75 Å². The predicted molar refractivity (Wildman–Crippen MR) is 180 cm³/mol. The lowest BCUT2D eigenvalue weighted by molar-refractivity contribution is -0.136. The Balaban J connectivity index is 1.19. The van der Waals surface area contributed by atoms with Crippen molar-refractivity contribution < 1.29 is 29.0 Å². The van der Waals surface area contributed by atoms with Crippen LogP contribution in [0.25, 0.3) is 10.8 Å². The highest BCUT2D eigenvalue weighted by atomic mass is 28.4. The second-order valence-corrected chi connectivity index (χ2v) is 17.5. The minimum absolute atomic E-state index is 0.0727. The third-order valence-electron chi connectivity index (χ3n) is 10.2. The van der Waals surface area contributed by atoms with Crippen molar-refractivity contribution in [2.24, 2.45) is 5.92 Å². The Morgan fingerprint density at radius 1 is 1.04 bits per heavy atom. The second kappa shape index (κ2) is 11.6. The predicted octanol–water partition coefficient (Wildman–Crippen LogP) is 6.12. The monoisotopic (exact) mass is 636 g/mol. The Morgan fingerprint density at radius 2 is 1.78 bits per heavy atom. The largest absolute Gasteiger partial charge is 0.490 e. The number of hydrogen-bond acceptors (Lipinski definition) is 6. The maximum atomic E-state index is 14.0. The van der Waals surface area contributed by atoms with Crippen molar-refractivity contribution in [2.75, 3.05) is 18.6 Å². The number of rotatable bonds is 7. The van der Waals surface area contributed by atoms with Gasteiger partial charge in [0.2, 0.25) is 5.91 Å². The molecule has 5 atom stereocenters. The van der Waals surface area contributed by atoms with Crippen LogP contribution < -0.4 is 9.64 Å². The third kappa shape index (κ3) is 5.02. The molecule has 7 rings (SSSR count). The van der Waals surface area contributed by atoms with E-state index in [0.717, 1.165) is 38.8 Å². The zero-order valence-electron chi connectivity index (χ0n) is 26.6. The average molecular weight is 637 g/mol. The highest BCUT2D eigenvalue weighted by Crippen LogP contribution is 2.49. The summed E-state index contributed by atoms with van der Waals surface area (Å²) in [5, 5.41) is 12.2. The van der Waals surface area contributed by atoms with E-state index in [-0.39, 0.29) is 42.9 Å². The summed E-state index contributed by atoms with van der Waals surface area (Å²) in [6, 6.07) is 25.2. The van der Waals surface area contributed by atoms with Gasteiger partial charge in [-0.15, -0.1) is 0 Å². The van der Waals surface area contributed by atoms with Gasteiger partial charge in [0.15, 0.2) is 8.32 Å². The molecule has 238 valence electrons. The second-order valence-electron chi connectivity index (χ2n) is 13.4. The summed E-state index contributed by atoms with van der Waals surface area (Å²) in [7, 11) is -1.29. The van der Waals surface area contributed by atoms with Crippen LogP contribution in [-0.2, 0) is 22.5 Å². The van der Waals surface area contributed by atoms with Crippen molar-refractivity contribution in [2.45, 2.75) is 63.2 Å². The molecule has 2 N–H and O–H groups in total. The zero-order valence-corrected chi connectivity index (χ0v) is 27.6. The van der Waals surface area contributed by atoms with E-state index in [1.54, 1.807) is 16.9 Å². The Morgan fingerprint density at radius 3 is 2.50 bits per heavy atom. The number of ether oxygens (including phenoxy) is 2. The summed E-state index contributed by atoms with van der Waals surface area (Å²) < 4.78 is 12.8. The van der Waals surface area contributed by atoms with Crippen molar-refractivity contribution in [1.29, 1.82) is 0 Å². The first-order valence-electron chi connectivity index (χ1n) is 16.0. The summed E-state index contributed by atoms with van der Waals surface area (Å²) in [6.45, 7) is 6.06. The molecule has 0 bridgehead atoms. The first-order valence-corrected chi connectivity index (χ1v) is 19.0. The lowest BCUT2D eigenvalue weighted by Crippen LogP contribution is -2.52. The van der Waals surface area contributed by atoms with E-state index in [1.165, 1.54) is 0 Å². The van der Waals surface area contributed by atoms with Gasteiger partial charge in [-0.1, -0.05) is 55.5 Å². The van der Waals surface area contributed by atoms with Crippen LogP contribution in [0.2, 0.25) is 18.6 Å². The fourth-order valence-corrected chi connectivity index (χ4v) is 9.64. The standard InChI is InChI=1S/C37H40N2O6Si/c1-22-35(44-2)29-18-26(39-30-14-8-12-23-11-7-13-28(34(23)30)37(39)42)15-16-31(29)45-36(22)32(46(3,4)43)19-33(41)38-20-25-10-6-5-9-24(25)17-27(38)21-40/h5-16,18,22,27,32,35-36,40,43H,17,19-21H2,1-4H3/t22-,27+,32?,35-,36-/m1/s1. The fourth-order valence-electron chi connectivity index (χ4n) is 7.79. The van der Waals surface area contributed by atoms with Crippen LogP contribution in [0.3, 0.4) is 0 Å². The van der Waals surface area contributed by atoms with E-state index in [4.69, 9.17) is 9.47 Å². The summed E-state index contributed by atoms with van der Waals surface area (Å²) >= 11 is 0. The molecule has 0 fully saturated rings. The Labute approximate surface area is 270 Å². The van der Waals surface area contributed by atoms with Crippen molar-refractivity contribution in [3.63, 3.8) is 0 Å². The number of fused-ring (bicyclic) bond motifs is 2. The molecule has 3 heterocycles. The van der Waals surface area contributed by atoms with Crippen LogP contribution in [0, 0.1) is 5.92 Å². The average Bonchev–Trinajstić information content (AvgIpc) is 3.34. The van der Waals surface area contributed by atoms with Crippen molar-refractivity contribution >= 4 is 42.3 Å². The highest BCUT2D eigenvalue weighted by molar-refractivity contribution is 6.71. The van der Waals surface area contributed by atoms with Gasteiger partial charge in [-0.3, -0.25) is 14.5 Å². The lowest BCUT2D eigenvalue weighted by Gasteiger charge is -2.44. The topological polar surface area (TPSA) is 99.5 Å². The maximum absolute atomic E-state index is 14.0. The van der Waals surface area contributed by atoms with E-state index < -0.39 is 20.0 Å². The maximum Gasteiger partial charge on any atom is 0.263 e. The van der Waals surface area contributed by atoms with Gasteiger partial charge in [-0.2, -0.15) is 0 Å². The number of nitrogens with zero attached hydrogens (tertiary/aromatic N) is 2. The number of aliphatic hydroxyl groups excluding tert-OH is 1. The minimum atomic E-state index is -2.96. The van der Waals surface area contributed by atoms with Crippen LogP contribution in [-0.4, -0.2) is 60.8 Å². The number of hydrogen-bond donors (Lipinski definition) is 2. The van der Waals surface area contributed by atoms with Gasteiger partial charge in [0.05, 0.1) is 30.0 Å². The smallest absolute Gasteiger partial charge is 0.263 e. The molecule has 1 unspecified atom stereocenters. The number of carbonyl (C=O) groups excluding carboxylic acids is 2. The summed E-state index contributed by atoms with van der Waals surface area (Å²) in [5.41, 5.74) is 4.90. The Kier molecular flexibility index (Phi) is 7.75. The molecule has 4 aromatic carbocycles. The molecular formula is C37H40N2O6Si. The van der Waals surface area contributed by atoms with E-state index in [1.807, 2.05) is 92.8 Å². The molecule has 8 nitrogen and oxygen atoms in total. The van der Waals surface area contributed by atoms with Crippen LogP contribution >= 0.6 is 0 Å². The van der Waals surface area contributed by atoms with Crippen molar-refractivity contribution in [1.82, 2.24) is 4.90 Å². The number of carbonyl (C=O) groups is 2. The van der Waals surface area contributed by atoms with Gasteiger partial charge in [0.1, 0.15) is 11.9 Å². The van der Waals surface area contributed by atoms with E-state index in [9.17, 15) is 19.5 Å². The van der Waals surface area contributed by atoms with E-state index in [0.29, 0.717) is 24.3 Å². The molecule has 2 amide bonds.